The predicted molar refractivity (Wildman–Crippen MR) is 126 cm³/mol. The Morgan fingerprint density at radius 1 is 0.818 bits per heavy atom. The number of hydrogen-bond donors (Lipinski definition) is 1. The highest BCUT2D eigenvalue weighted by atomic mass is 16.7. The topological polar surface area (TPSA) is 66.0 Å². The zero-order valence-corrected chi connectivity index (χ0v) is 19.0. The molecule has 0 saturated heterocycles. The normalized spacial score (nSPS) is 12.8. The van der Waals surface area contributed by atoms with Crippen LogP contribution in [0, 0.1) is 0 Å². The van der Waals surface area contributed by atoms with Crippen LogP contribution in [0.2, 0.25) is 0 Å². The lowest BCUT2D eigenvalue weighted by Gasteiger charge is -2.20. The highest BCUT2D eigenvalue weighted by Gasteiger charge is 2.18. The Morgan fingerprint density at radius 3 is 2.06 bits per heavy atom. The monoisotopic (exact) mass is 447 g/mol. The van der Waals surface area contributed by atoms with Gasteiger partial charge < -0.3 is 24.3 Å². The highest BCUT2D eigenvalue weighted by Crippen LogP contribution is 2.33. The van der Waals surface area contributed by atoms with E-state index in [2.05, 4.69) is 5.32 Å². The fourth-order valence-corrected chi connectivity index (χ4v) is 3.92. The van der Waals surface area contributed by atoms with Crippen molar-refractivity contribution >= 4 is 5.91 Å². The molecule has 1 aliphatic heterocycles. The van der Waals surface area contributed by atoms with Crippen LogP contribution in [0.1, 0.15) is 23.1 Å². The highest BCUT2D eigenvalue weighted by molar-refractivity contribution is 5.76. The zero-order chi connectivity index (χ0) is 23.0. The Bertz CT molecular complexity index is 1060. The molecule has 172 valence electrons. The van der Waals surface area contributed by atoms with Crippen LogP contribution in [0.4, 0.5) is 0 Å². The summed E-state index contributed by atoms with van der Waals surface area (Å²) in [6.45, 7) is 0.246. The minimum absolute atomic E-state index is 0.0325. The molecule has 3 aromatic rings. The fourth-order valence-electron chi connectivity index (χ4n) is 3.92. The zero-order valence-electron chi connectivity index (χ0n) is 19.0. The lowest BCUT2D eigenvalue weighted by atomic mass is 9.98. The number of hydrogen-bond acceptors (Lipinski definition) is 5. The number of carbonyl (C=O) groups excluding carboxylic acids is 1. The Hall–Kier alpha value is -3.67. The summed E-state index contributed by atoms with van der Waals surface area (Å²) in [6, 6.07) is 21.7. The molecular formula is C27H29NO5. The SMILES string of the molecule is COc1ccc(CCC(=O)N[C@H](Cc2ccc(OC)cc2)Cc2ccc3c(c2)OCO3)cc1. The number of fused-ring (bicyclic) bond motifs is 1. The van der Waals surface area contributed by atoms with Crippen molar-refractivity contribution in [3.63, 3.8) is 0 Å². The minimum Gasteiger partial charge on any atom is -0.497 e. The van der Waals surface area contributed by atoms with Crippen LogP contribution < -0.4 is 24.3 Å². The van der Waals surface area contributed by atoms with Gasteiger partial charge in [-0.25, -0.2) is 0 Å². The Kier molecular flexibility index (Phi) is 7.35. The van der Waals surface area contributed by atoms with Crippen LogP contribution in [-0.4, -0.2) is 33.0 Å². The van der Waals surface area contributed by atoms with Crippen molar-refractivity contribution in [2.75, 3.05) is 21.0 Å². The molecule has 0 saturated carbocycles. The van der Waals surface area contributed by atoms with E-state index in [1.54, 1.807) is 14.2 Å². The van der Waals surface area contributed by atoms with Crippen LogP contribution in [0.5, 0.6) is 23.0 Å². The molecular weight excluding hydrogens is 418 g/mol. The van der Waals surface area contributed by atoms with E-state index < -0.39 is 0 Å². The van der Waals surface area contributed by atoms with E-state index in [9.17, 15) is 4.79 Å². The Morgan fingerprint density at radius 2 is 1.39 bits per heavy atom. The fraction of sp³-hybridized carbons (Fsp3) is 0.296. The van der Waals surface area contributed by atoms with Crippen molar-refractivity contribution in [1.29, 1.82) is 0 Å². The second kappa shape index (κ2) is 10.8. The molecule has 1 amide bonds. The van der Waals surface area contributed by atoms with E-state index in [1.807, 2.05) is 66.7 Å². The maximum Gasteiger partial charge on any atom is 0.231 e. The number of aryl methyl sites for hydroxylation is 1. The van der Waals surface area contributed by atoms with Crippen LogP contribution in [0.3, 0.4) is 0 Å². The van der Waals surface area contributed by atoms with E-state index in [0.29, 0.717) is 25.7 Å². The molecule has 0 fully saturated rings. The number of nitrogens with one attached hydrogen (secondary N) is 1. The van der Waals surface area contributed by atoms with Crippen LogP contribution >= 0.6 is 0 Å². The molecule has 3 aromatic carbocycles. The molecule has 1 aliphatic rings. The average Bonchev–Trinajstić information content (AvgIpc) is 3.31. The molecule has 0 unspecified atom stereocenters. The van der Waals surface area contributed by atoms with Crippen molar-refractivity contribution in [3.8, 4) is 23.0 Å². The number of benzene rings is 3. The molecule has 6 heteroatoms. The van der Waals surface area contributed by atoms with Crippen LogP contribution in [0.25, 0.3) is 0 Å². The molecule has 33 heavy (non-hydrogen) atoms. The van der Waals surface area contributed by atoms with Gasteiger partial charge >= 0.3 is 0 Å². The molecule has 0 aromatic heterocycles. The smallest absolute Gasteiger partial charge is 0.231 e. The number of methoxy groups -OCH3 is 2. The third kappa shape index (κ3) is 6.19. The third-order valence-electron chi connectivity index (χ3n) is 5.73. The number of amides is 1. The van der Waals surface area contributed by atoms with Gasteiger partial charge in [-0.15, -0.1) is 0 Å². The third-order valence-corrected chi connectivity index (χ3v) is 5.73. The molecule has 6 nitrogen and oxygen atoms in total. The molecule has 0 bridgehead atoms. The van der Waals surface area contributed by atoms with Crippen molar-refractivity contribution in [2.45, 2.75) is 31.7 Å². The van der Waals surface area contributed by atoms with Gasteiger partial charge in [0.1, 0.15) is 11.5 Å². The van der Waals surface area contributed by atoms with Gasteiger partial charge in [-0.05, 0) is 72.4 Å². The molecule has 4 rings (SSSR count). The summed E-state index contributed by atoms with van der Waals surface area (Å²) >= 11 is 0. The predicted octanol–water partition coefficient (Wildman–Crippen LogP) is 4.34. The van der Waals surface area contributed by atoms with Gasteiger partial charge in [0, 0.05) is 12.5 Å². The second-order valence-corrected chi connectivity index (χ2v) is 8.06. The molecule has 0 spiro atoms. The summed E-state index contributed by atoms with van der Waals surface area (Å²) in [5.74, 6) is 3.17. The van der Waals surface area contributed by atoms with Gasteiger partial charge in [0.15, 0.2) is 11.5 Å². The largest absolute Gasteiger partial charge is 0.497 e. The maximum absolute atomic E-state index is 12.8. The Labute approximate surface area is 194 Å². The van der Waals surface area contributed by atoms with E-state index in [4.69, 9.17) is 18.9 Å². The van der Waals surface area contributed by atoms with Crippen molar-refractivity contribution in [1.82, 2.24) is 5.32 Å². The van der Waals surface area contributed by atoms with Crippen LogP contribution in [-0.2, 0) is 24.1 Å². The lowest BCUT2D eigenvalue weighted by Crippen LogP contribution is -2.38. The molecule has 1 heterocycles. The van der Waals surface area contributed by atoms with Gasteiger partial charge in [0.25, 0.3) is 0 Å². The van der Waals surface area contributed by atoms with Crippen LogP contribution in [0.15, 0.2) is 66.7 Å². The summed E-state index contributed by atoms with van der Waals surface area (Å²) in [5.41, 5.74) is 3.33. The first-order chi connectivity index (χ1) is 16.1. The molecule has 1 N–H and O–H groups in total. The minimum atomic E-state index is -0.0536. The summed E-state index contributed by atoms with van der Waals surface area (Å²) in [4.78, 5) is 12.8. The first kappa shape index (κ1) is 22.5. The second-order valence-electron chi connectivity index (χ2n) is 8.06. The standard InChI is InChI=1S/C27H29NO5/c1-30-23-9-3-19(4-10-23)8-14-27(29)28-22(15-20-5-11-24(31-2)12-6-20)16-21-7-13-25-26(17-21)33-18-32-25/h3-7,9-13,17,22H,8,14-16,18H2,1-2H3,(H,28,29)/t22-/m1/s1. The van der Waals surface area contributed by atoms with Gasteiger partial charge in [0.2, 0.25) is 12.7 Å². The van der Waals surface area contributed by atoms with E-state index in [1.165, 1.54) is 0 Å². The first-order valence-electron chi connectivity index (χ1n) is 11.1. The maximum atomic E-state index is 12.8. The quantitative estimate of drug-likeness (QED) is 0.501. The van der Waals surface area contributed by atoms with E-state index >= 15 is 0 Å². The van der Waals surface area contributed by atoms with Crippen molar-refractivity contribution in [3.05, 3.63) is 83.4 Å². The van der Waals surface area contributed by atoms with E-state index in [0.717, 1.165) is 39.7 Å². The molecule has 0 aliphatic carbocycles. The first-order valence-corrected chi connectivity index (χ1v) is 11.1. The molecule has 1 atom stereocenters. The van der Waals surface area contributed by atoms with Crippen molar-refractivity contribution < 1.29 is 23.7 Å². The van der Waals surface area contributed by atoms with Gasteiger partial charge in [-0.3, -0.25) is 4.79 Å². The number of rotatable bonds is 10. The summed E-state index contributed by atoms with van der Waals surface area (Å²) < 4.78 is 21.4. The van der Waals surface area contributed by atoms with Crippen molar-refractivity contribution in [2.24, 2.45) is 0 Å². The number of ether oxygens (including phenoxy) is 4. The number of carbonyl (C=O) groups is 1. The summed E-state index contributed by atoms with van der Waals surface area (Å²) in [6.07, 6.45) is 2.51. The van der Waals surface area contributed by atoms with Gasteiger partial charge in [0.05, 0.1) is 14.2 Å². The van der Waals surface area contributed by atoms with E-state index in [-0.39, 0.29) is 18.7 Å². The lowest BCUT2D eigenvalue weighted by molar-refractivity contribution is -0.121. The Balaban J connectivity index is 1.41. The van der Waals surface area contributed by atoms with Gasteiger partial charge in [-0.2, -0.15) is 0 Å². The average molecular weight is 448 g/mol. The van der Waals surface area contributed by atoms with Gasteiger partial charge in [-0.1, -0.05) is 30.3 Å². The molecule has 0 radical (unpaired) electrons. The summed E-state index contributed by atoms with van der Waals surface area (Å²) in [7, 11) is 3.30. The summed E-state index contributed by atoms with van der Waals surface area (Å²) in [5, 5.41) is 3.24.